The highest BCUT2D eigenvalue weighted by molar-refractivity contribution is 6.31. The van der Waals surface area contributed by atoms with Gasteiger partial charge in [-0.15, -0.1) is 0 Å². The standard InChI is InChI=1S/C19H24ClN/c1-5-21-19(12-16-8-6-7-9-18(16)20)17-11-14(3)13(2)10-15(17)4/h6-11,19,21H,5,12H2,1-4H3. The molecule has 1 N–H and O–H groups in total. The summed E-state index contributed by atoms with van der Waals surface area (Å²) in [4.78, 5) is 0. The maximum atomic E-state index is 6.32. The first-order valence-corrected chi connectivity index (χ1v) is 7.95. The van der Waals surface area contributed by atoms with E-state index in [0.29, 0.717) is 6.04 Å². The zero-order valence-corrected chi connectivity index (χ0v) is 14.1. The molecule has 1 atom stereocenters. The Morgan fingerprint density at radius 2 is 1.67 bits per heavy atom. The van der Waals surface area contributed by atoms with Crippen LogP contribution in [0.5, 0.6) is 0 Å². The fourth-order valence-corrected chi connectivity index (χ4v) is 2.99. The summed E-state index contributed by atoms with van der Waals surface area (Å²) in [6.45, 7) is 9.63. The summed E-state index contributed by atoms with van der Waals surface area (Å²) >= 11 is 6.32. The van der Waals surface area contributed by atoms with Crippen LogP contribution in [-0.2, 0) is 6.42 Å². The molecule has 0 heterocycles. The van der Waals surface area contributed by atoms with Gasteiger partial charge in [0, 0.05) is 11.1 Å². The van der Waals surface area contributed by atoms with Crippen molar-refractivity contribution in [2.45, 2.75) is 40.2 Å². The van der Waals surface area contributed by atoms with Gasteiger partial charge in [-0.2, -0.15) is 0 Å². The van der Waals surface area contributed by atoms with Crippen LogP contribution in [0.2, 0.25) is 5.02 Å². The second kappa shape index (κ2) is 7.11. The first-order valence-electron chi connectivity index (χ1n) is 7.57. The van der Waals surface area contributed by atoms with E-state index in [9.17, 15) is 0 Å². The fraction of sp³-hybridized carbons (Fsp3) is 0.368. The molecule has 0 amide bonds. The molecule has 2 heteroatoms. The van der Waals surface area contributed by atoms with Crippen molar-refractivity contribution in [3.63, 3.8) is 0 Å². The van der Waals surface area contributed by atoms with E-state index >= 15 is 0 Å². The third-order valence-corrected chi connectivity index (χ3v) is 4.46. The molecule has 0 aliphatic carbocycles. The van der Waals surface area contributed by atoms with Crippen molar-refractivity contribution in [1.82, 2.24) is 5.32 Å². The predicted molar refractivity (Wildman–Crippen MR) is 92.2 cm³/mol. The predicted octanol–water partition coefficient (Wildman–Crippen LogP) is 5.16. The second-order valence-corrected chi connectivity index (χ2v) is 6.11. The van der Waals surface area contributed by atoms with Crippen LogP contribution in [0, 0.1) is 20.8 Å². The molecule has 0 bridgehead atoms. The number of halogens is 1. The van der Waals surface area contributed by atoms with E-state index in [1.807, 2.05) is 12.1 Å². The number of nitrogens with one attached hydrogen (secondary N) is 1. The Hall–Kier alpha value is -1.31. The average Bonchev–Trinajstić information content (AvgIpc) is 2.45. The Labute approximate surface area is 133 Å². The molecule has 0 aliphatic heterocycles. The minimum Gasteiger partial charge on any atom is -0.310 e. The number of hydrogen-bond acceptors (Lipinski definition) is 1. The number of benzene rings is 2. The van der Waals surface area contributed by atoms with Gasteiger partial charge in [0.1, 0.15) is 0 Å². The Morgan fingerprint density at radius 1 is 1.00 bits per heavy atom. The molecule has 2 aromatic rings. The van der Waals surface area contributed by atoms with Crippen molar-refractivity contribution < 1.29 is 0 Å². The number of aryl methyl sites for hydroxylation is 3. The highest BCUT2D eigenvalue weighted by atomic mass is 35.5. The molecule has 0 saturated carbocycles. The molecule has 0 fully saturated rings. The quantitative estimate of drug-likeness (QED) is 0.804. The van der Waals surface area contributed by atoms with Crippen molar-refractivity contribution in [2.75, 3.05) is 6.54 Å². The molecular formula is C19H24ClN. The van der Waals surface area contributed by atoms with Crippen LogP contribution in [0.1, 0.15) is 40.8 Å². The summed E-state index contributed by atoms with van der Waals surface area (Å²) in [5, 5.41) is 4.45. The summed E-state index contributed by atoms with van der Waals surface area (Å²) in [5.41, 5.74) is 6.61. The van der Waals surface area contributed by atoms with Crippen LogP contribution < -0.4 is 5.32 Å². The van der Waals surface area contributed by atoms with Gasteiger partial charge >= 0.3 is 0 Å². The Morgan fingerprint density at radius 3 is 2.33 bits per heavy atom. The zero-order chi connectivity index (χ0) is 15.4. The minimum atomic E-state index is 0.300. The Balaban J connectivity index is 2.35. The summed E-state index contributed by atoms with van der Waals surface area (Å²) in [6, 6.07) is 13.0. The molecular weight excluding hydrogens is 278 g/mol. The van der Waals surface area contributed by atoms with Crippen molar-refractivity contribution in [3.05, 3.63) is 69.2 Å². The lowest BCUT2D eigenvalue weighted by molar-refractivity contribution is 0.547. The molecule has 0 radical (unpaired) electrons. The highest BCUT2D eigenvalue weighted by Gasteiger charge is 2.16. The molecule has 0 aromatic heterocycles. The molecule has 1 nitrogen and oxygen atoms in total. The summed E-state index contributed by atoms with van der Waals surface area (Å²) in [6.07, 6.45) is 0.914. The Bertz CT molecular complexity index is 619. The van der Waals surface area contributed by atoms with Gasteiger partial charge in [-0.3, -0.25) is 0 Å². The van der Waals surface area contributed by atoms with E-state index in [1.165, 1.54) is 27.8 Å². The number of rotatable bonds is 5. The van der Waals surface area contributed by atoms with Gasteiger partial charge < -0.3 is 5.32 Å². The zero-order valence-electron chi connectivity index (χ0n) is 13.3. The van der Waals surface area contributed by atoms with Crippen LogP contribution in [-0.4, -0.2) is 6.54 Å². The van der Waals surface area contributed by atoms with Crippen LogP contribution in [0.3, 0.4) is 0 Å². The first-order chi connectivity index (χ1) is 10.0. The lowest BCUT2D eigenvalue weighted by atomic mass is 9.92. The van der Waals surface area contributed by atoms with Gasteiger partial charge in [-0.1, -0.05) is 48.9 Å². The lowest BCUT2D eigenvalue weighted by Crippen LogP contribution is -2.24. The summed E-state index contributed by atoms with van der Waals surface area (Å²) in [5.74, 6) is 0. The monoisotopic (exact) mass is 301 g/mol. The molecule has 21 heavy (non-hydrogen) atoms. The van der Waals surface area contributed by atoms with E-state index < -0.39 is 0 Å². The minimum absolute atomic E-state index is 0.300. The summed E-state index contributed by atoms with van der Waals surface area (Å²) < 4.78 is 0. The smallest absolute Gasteiger partial charge is 0.0438 e. The van der Waals surface area contributed by atoms with Crippen molar-refractivity contribution in [2.24, 2.45) is 0 Å². The van der Waals surface area contributed by atoms with E-state index in [2.05, 4.69) is 57.3 Å². The largest absolute Gasteiger partial charge is 0.310 e. The van der Waals surface area contributed by atoms with Crippen LogP contribution in [0.4, 0.5) is 0 Å². The fourth-order valence-electron chi connectivity index (χ4n) is 2.78. The average molecular weight is 302 g/mol. The van der Waals surface area contributed by atoms with Gasteiger partial charge in [0.25, 0.3) is 0 Å². The van der Waals surface area contributed by atoms with Crippen molar-refractivity contribution in [3.8, 4) is 0 Å². The van der Waals surface area contributed by atoms with E-state index in [1.54, 1.807) is 0 Å². The normalized spacial score (nSPS) is 12.4. The third-order valence-electron chi connectivity index (χ3n) is 4.09. The number of likely N-dealkylation sites (N-methyl/N-ethyl adjacent to an activating group) is 1. The molecule has 0 aliphatic rings. The SMILES string of the molecule is CCNC(Cc1ccccc1Cl)c1cc(C)c(C)cc1C. The van der Waals surface area contributed by atoms with E-state index in [4.69, 9.17) is 11.6 Å². The van der Waals surface area contributed by atoms with Gasteiger partial charge in [-0.05, 0) is 67.6 Å². The van der Waals surface area contributed by atoms with Gasteiger partial charge in [0.15, 0.2) is 0 Å². The van der Waals surface area contributed by atoms with Crippen LogP contribution in [0.25, 0.3) is 0 Å². The maximum Gasteiger partial charge on any atom is 0.0438 e. The summed E-state index contributed by atoms with van der Waals surface area (Å²) in [7, 11) is 0. The van der Waals surface area contributed by atoms with E-state index in [0.717, 1.165) is 18.0 Å². The number of hydrogen-bond donors (Lipinski definition) is 1. The highest BCUT2D eigenvalue weighted by Crippen LogP contribution is 2.27. The van der Waals surface area contributed by atoms with E-state index in [-0.39, 0.29) is 0 Å². The van der Waals surface area contributed by atoms with Gasteiger partial charge in [-0.25, -0.2) is 0 Å². The molecule has 0 saturated heterocycles. The van der Waals surface area contributed by atoms with Crippen LogP contribution >= 0.6 is 11.6 Å². The van der Waals surface area contributed by atoms with Gasteiger partial charge in [0.2, 0.25) is 0 Å². The van der Waals surface area contributed by atoms with Gasteiger partial charge in [0.05, 0.1) is 0 Å². The van der Waals surface area contributed by atoms with Crippen LogP contribution in [0.15, 0.2) is 36.4 Å². The Kier molecular flexibility index (Phi) is 5.44. The molecule has 1 unspecified atom stereocenters. The molecule has 112 valence electrons. The molecule has 2 aromatic carbocycles. The first kappa shape index (κ1) is 16.1. The third kappa shape index (κ3) is 3.87. The molecule has 2 rings (SSSR count). The molecule has 0 spiro atoms. The maximum absolute atomic E-state index is 6.32. The topological polar surface area (TPSA) is 12.0 Å². The van der Waals surface area contributed by atoms with Crippen molar-refractivity contribution >= 4 is 11.6 Å². The lowest BCUT2D eigenvalue weighted by Gasteiger charge is -2.22. The second-order valence-electron chi connectivity index (χ2n) is 5.70. The van der Waals surface area contributed by atoms with Crippen molar-refractivity contribution in [1.29, 1.82) is 0 Å².